The largest absolute Gasteiger partial charge is 0.348 e. The van der Waals surface area contributed by atoms with Gasteiger partial charge in [-0.15, -0.1) is 0 Å². The average Bonchev–Trinajstić information content (AvgIpc) is 2.91. The lowest BCUT2D eigenvalue weighted by Crippen LogP contribution is -2.33. The van der Waals surface area contributed by atoms with Gasteiger partial charge in [0.15, 0.2) is 5.16 Å². The summed E-state index contributed by atoms with van der Waals surface area (Å²) >= 11 is 1.44. The molecule has 1 heterocycles. The molecule has 2 rings (SSSR count). The predicted molar refractivity (Wildman–Crippen MR) is 82.5 cm³/mol. The third kappa shape index (κ3) is 3.44. The summed E-state index contributed by atoms with van der Waals surface area (Å²) in [6.45, 7) is 3.96. The Morgan fingerprint density at radius 3 is 2.67 bits per heavy atom. The molecular weight excluding hydrogens is 289 g/mol. The Morgan fingerprint density at radius 1 is 1.43 bits per heavy atom. The number of carbonyl (C=O) groups excluding carboxylic acids is 1. The SMILES string of the molecule is CCC(C)NC(=O)c1cnc(SC)n1-c1ccc(F)cc1. The number of hydrogen-bond donors (Lipinski definition) is 1. The molecule has 1 aromatic carbocycles. The maximum atomic E-state index is 13.1. The van der Waals surface area contributed by atoms with Crippen LogP contribution in [0.2, 0.25) is 0 Å². The molecule has 0 aliphatic heterocycles. The van der Waals surface area contributed by atoms with Crippen molar-refractivity contribution in [2.75, 3.05) is 6.26 Å². The van der Waals surface area contributed by atoms with Crippen molar-refractivity contribution >= 4 is 17.7 Å². The fourth-order valence-electron chi connectivity index (χ4n) is 1.88. The highest BCUT2D eigenvalue weighted by molar-refractivity contribution is 7.98. The Balaban J connectivity index is 2.41. The smallest absolute Gasteiger partial charge is 0.270 e. The summed E-state index contributed by atoms with van der Waals surface area (Å²) in [5.41, 5.74) is 1.17. The van der Waals surface area contributed by atoms with Crippen LogP contribution in [0.25, 0.3) is 5.69 Å². The van der Waals surface area contributed by atoms with E-state index in [2.05, 4.69) is 10.3 Å². The van der Waals surface area contributed by atoms with E-state index in [0.717, 1.165) is 6.42 Å². The van der Waals surface area contributed by atoms with Crippen LogP contribution in [0.15, 0.2) is 35.6 Å². The number of nitrogens with zero attached hydrogens (tertiary/aromatic N) is 2. The number of rotatable bonds is 5. The summed E-state index contributed by atoms with van der Waals surface area (Å²) in [5, 5.41) is 3.61. The van der Waals surface area contributed by atoms with Gasteiger partial charge in [-0.25, -0.2) is 9.37 Å². The van der Waals surface area contributed by atoms with E-state index in [1.165, 1.54) is 23.9 Å². The van der Waals surface area contributed by atoms with E-state index >= 15 is 0 Å². The number of amides is 1. The molecule has 1 N–H and O–H groups in total. The first kappa shape index (κ1) is 15.6. The Bertz CT molecular complexity index is 624. The van der Waals surface area contributed by atoms with E-state index in [9.17, 15) is 9.18 Å². The minimum absolute atomic E-state index is 0.0896. The van der Waals surface area contributed by atoms with Gasteiger partial charge in [0, 0.05) is 11.7 Å². The van der Waals surface area contributed by atoms with E-state index in [0.29, 0.717) is 16.5 Å². The van der Waals surface area contributed by atoms with Crippen LogP contribution in [0.1, 0.15) is 30.8 Å². The van der Waals surface area contributed by atoms with Crippen molar-refractivity contribution in [2.24, 2.45) is 0 Å². The number of hydrogen-bond acceptors (Lipinski definition) is 3. The summed E-state index contributed by atoms with van der Waals surface area (Å²) in [7, 11) is 0. The van der Waals surface area contributed by atoms with E-state index in [4.69, 9.17) is 0 Å². The van der Waals surface area contributed by atoms with Crippen molar-refractivity contribution in [1.82, 2.24) is 14.9 Å². The highest BCUT2D eigenvalue weighted by Crippen LogP contribution is 2.22. The first-order valence-corrected chi connectivity index (χ1v) is 7.97. The van der Waals surface area contributed by atoms with Gasteiger partial charge in [0.05, 0.1) is 6.20 Å². The second-order valence-electron chi connectivity index (χ2n) is 4.72. The van der Waals surface area contributed by atoms with Crippen molar-refractivity contribution in [2.45, 2.75) is 31.5 Å². The first-order valence-electron chi connectivity index (χ1n) is 6.75. The number of thioether (sulfide) groups is 1. The molecule has 0 bridgehead atoms. The fraction of sp³-hybridized carbons (Fsp3) is 0.333. The third-order valence-corrected chi connectivity index (χ3v) is 3.87. The van der Waals surface area contributed by atoms with E-state index in [-0.39, 0.29) is 17.8 Å². The van der Waals surface area contributed by atoms with Crippen LogP contribution < -0.4 is 5.32 Å². The highest BCUT2D eigenvalue weighted by Gasteiger charge is 2.18. The Labute approximate surface area is 127 Å². The molecule has 0 spiro atoms. The lowest BCUT2D eigenvalue weighted by molar-refractivity contribution is 0.0932. The van der Waals surface area contributed by atoms with Gasteiger partial charge in [0.1, 0.15) is 11.5 Å². The Kier molecular flexibility index (Phi) is 5.01. The monoisotopic (exact) mass is 307 g/mol. The Morgan fingerprint density at radius 2 is 2.10 bits per heavy atom. The summed E-state index contributed by atoms with van der Waals surface area (Å²) < 4.78 is 14.8. The topological polar surface area (TPSA) is 46.9 Å². The van der Waals surface area contributed by atoms with Crippen LogP contribution in [0.3, 0.4) is 0 Å². The van der Waals surface area contributed by atoms with Crippen LogP contribution >= 0.6 is 11.8 Å². The molecule has 1 amide bonds. The standard InChI is InChI=1S/C15H18FN3OS/c1-4-10(2)18-14(20)13-9-17-15(21-3)19(13)12-7-5-11(16)6-8-12/h5-10H,4H2,1-3H3,(H,18,20). The van der Waals surface area contributed by atoms with Crippen molar-refractivity contribution in [1.29, 1.82) is 0 Å². The molecule has 21 heavy (non-hydrogen) atoms. The molecule has 112 valence electrons. The van der Waals surface area contributed by atoms with Crippen LogP contribution in [0, 0.1) is 5.82 Å². The molecule has 0 aliphatic rings. The fourth-order valence-corrected chi connectivity index (χ4v) is 2.42. The zero-order valence-corrected chi connectivity index (χ0v) is 13.1. The summed E-state index contributed by atoms with van der Waals surface area (Å²) in [6, 6.07) is 6.10. The van der Waals surface area contributed by atoms with Crippen molar-refractivity contribution in [3.05, 3.63) is 42.0 Å². The second kappa shape index (κ2) is 6.76. The van der Waals surface area contributed by atoms with Crippen LogP contribution in [-0.2, 0) is 0 Å². The van der Waals surface area contributed by atoms with Crippen LogP contribution in [-0.4, -0.2) is 27.8 Å². The van der Waals surface area contributed by atoms with Crippen molar-refractivity contribution in [3.63, 3.8) is 0 Å². The zero-order valence-electron chi connectivity index (χ0n) is 12.3. The lowest BCUT2D eigenvalue weighted by atomic mass is 10.2. The highest BCUT2D eigenvalue weighted by atomic mass is 32.2. The van der Waals surface area contributed by atoms with Gasteiger partial charge in [-0.1, -0.05) is 18.7 Å². The second-order valence-corrected chi connectivity index (χ2v) is 5.50. The number of halogens is 1. The van der Waals surface area contributed by atoms with Gasteiger partial charge in [0.25, 0.3) is 5.91 Å². The Hall–Kier alpha value is -1.82. The summed E-state index contributed by atoms with van der Waals surface area (Å²) in [4.78, 5) is 16.6. The molecule has 6 heteroatoms. The molecule has 2 aromatic rings. The summed E-state index contributed by atoms with van der Waals surface area (Å²) in [6.07, 6.45) is 4.29. The molecule has 0 saturated heterocycles. The van der Waals surface area contributed by atoms with Gasteiger partial charge >= 0.3 is 0 Å². The number of benzene rings is 1. The number of aromatic nitrogens is 2. The predicted octanol–water partition coefficient (Wildman–Crippen LogP) is 3.26. The molecule has 1 atom stereocenters. The number of nitrogens with one attached hydrogen (secondary N) is 1. The third-order valence-electron chi connectivity index (χ3n) is 3.22. The van der Waals surface area contributed by atoms with Gasteiger partial charge in [-0.2, -0.15) is 0 Å². The number of imidazole rings is 1. The minimum atomic E-state index is -0.310. The quantitative estimate of drug-likeness (QED) is 0.863. The van der Waals surface area contributed by atoms with Crippen molar-refractivity contribution in [3.8, 4) is 5.69 Å². The number of carbonyl (C=O) groups is 1. The maximum absolute atomic E-state index is 13.1. The van der Waals surface area contributed by atoms with Gasteiger partial charge in [-0.3, -0.25) is 9.36 Å². The zero-order chi connectivity index (χ0) is 15.4. The molecular formula is C15H18FN3OS. The van der Waals surface area contributed by atoms with Crippen LogP contribution in [0.4, 0.5) is 4.39 Å². The van der Waals surface area contributed by atoms with E-state index in [1.807, 2.05) is 20.1 Å². The molecule has 1 unspecified atom stereocenters. The van der Waals surface area contributed by atoms with Gasteiger partial charge in [-0.05, 0) is 43.9 Å². The van der Waals surface area contributed by atoms with Crippen LogP contribution in [0.5, 0.6) is 0 Å². The van der Waals surface area contributed by atoms with Gasteiger partial charge < -0.3 is 5.32 Å². The maximum Gasteiger partial charge on any atom is 0.270 e. The summed E-state index contributed by atoms with van der Waals surface area (Å²) in [5.74, 6) is -0.489. The van der Waals surface area contributed by atoms with E-state index < -0.39 is 0 Å². The molecule has 0 aliphatic carbocycles. The minimum Gasteiger partial charge on any atom is -0.348 e. The molecule has 0 saturated carbocycles. The molecule has 0 fully saturated rings. The first-order chi connectivity index (χ1) is 10.1. The lowest BCUT2D eigenvalue weighted by Gasteiger charge is -2.14. The normalized spacial score (nSPS) is 12.2. The molecule has 4 nitrogen and oxygen atoms in total. The average molecular weight is 307 g/mol. The van der Waals surface area contributed by atoms with Gasteiger partial charge in [0.2, 0.25) is 0 Å². The van der Waals surface area contributed by atoms with E-state index in [1.54, 1.807) is 22.9 Å². The molecule has 1 aromatic heterocycles. The molecule has 0 radical (unpaired) electrons. The van der Waals surface area contributed by atoms with Crippen molar-refractivity contribution < 1.29 is 9.18 Å².